The molecule has 10 heteroatoms. The van der Waals surface area contributed by atoms with E-state index in [9.17, 15) is 9.59 Å². The average Bonchev–Trinajstić information content (AvgIpc) is 3.28. The lowest BCUT2D eigenvalue weighted by atomic mass is 9.92. The van der Waals surface area contributed by atoms with Gasteiger partial charge in [0.05, 0.1) is 18.1 Å². The zero-order valence-corrected chi connectivity index (χ0v) is 18.7. The summed E-state index contributed by atoms with van der Waals surface area (Å²) in [5.41, 5.74) is 5.14. The Morgan fingerprint density at radius 3 is 2.57 bits per heavy atom. The van der Waals surface area contributed by atoms with Gasteiger partial charge in [0.2, 0.25) is 11.9 Å². The van der Waals surface area contributed by atoms with Crippen molar-refractivity contribution in [3.05, 3.63) is 24.2 Å². The number of amides is 3. The van der Waals surface area contributed by atoms with E-state index >= 15 is 0 Å². The lowest BCUT2D eigenvalue weighted by Crippen LogP contribution is -2.42. The number of nitrogens with one attached hydrogen (secondary N) is 1. The number of aromatic nitrogens is 3. The Morgan fingerprint density at radius 1 is 1.30 bits per heavy atom. The highest BCUT2D eigenvalue weighted by molar-refractivity contribution is 8.00. The van der Waals surface area contributed by atoms with Crippen LogP contribution in [0.15, 0.2) is 28.0 Å². The Labute approximate surface area is 180 Å². The van der Waals surface area contributed by atoms with Crippen LogP contribution in [-0.4, -0.2) is 45.0 Å². The number of urea groups is 1. The molecule has 3 N–H and O–H groups in total. The predicted octanol–water partition coefficient (Wildman–Crippen LogP) is 2.71. The number of hydrogen-bond acceptors (Lipinski definition) is 7. The zero-order chi connectivity index (χ0) is 21.8. The first-order chi connectivity index (χ1) is 14.2. The van der Waals surface area contributed by atoms with Gasteiger partial charge in [0.15, 0.2) is 5.16 Å². The number of rotatable bonds is 7. The van der Waals surface area contributed by atoms with Gasteiger partial charge in [-0.1, -0.05) is 39.5 Å². The van der Waals surface area contributed by atoms with Crippen molar-refractivity contribution in [2.75, 3.05) is 18.0 Å². The number of hydrogen-bond donors (Lipinski definition) is 2. The summed E-state index contributed by atoms with van der Waals surface area (Å²) in [7, 11) is 0. The van der Waals surface area contributed by atoms with Crippen LogP contribution in [0.3, 0.4) is 0 Å². The Bertz CT molecular complexity index is 856. The van der Waals surface area contributed by atoms with Crippen molar-refractivity contribution in [1.82, 2.24) is 20.1 Å². The molecular formula is C20H30N6O3S. The van der Waals surface area contributed by atoms with Crippen LogP contribution in [0.25, 0.3) is 0 Å². The number of anilines is 1. The minimum absolute atomic E-state index is 0.0402. The fourth-order valence-electron chi connectivity index (χ4n) is 3.92. The summed E-state index contributed by atoms with van der Waals surface area (Å²) in [6.07, 6.45) is 2.82. The number of nitrogens with two attached hydrogens (primary N) is 1. The molecule has 1 saturated heterocycles. The molecule has 3 heterocycles. The molecule has 2 aromatic heterocycles. The van der Waals surface area contributed by atoms with Gasteiger partial charge in [-0.2, -0.15) is 0 Å². The number of nitrogens with zero attached hydrogens (tertiary/aromatic N) is 4. The van der Waals surface area contributed by atoms with Gasteiger partial charge < -0.3 is 15.1 Å². The Balaban J connectivity index is 1.92. The molecule has 3 amide bonds. The second kappa shape index (κ2) is 9.55. The van der Waals surface area contributed by atoms with E-state index in [1.54, 1.807) is 6.26 Å². The third-order valence-corrected chi connectivity index (χ3v) is 6.61. The highest BCUT2D eigenvalue weighted by Crippen LogP contribution is 2.32. The van der Waals surface area contributed by atoms with Crippen LogP contribution in [-0.2, 0) is 11.3 Å². The molecule has 30 heavy (non-hydrogen) atoms. The van der Waals surface area contributed by atoms with Crippen molar-refractivity contribution in [3.8, 4) is 0 Å². The molecule has 9 nitrogen and oxygen atoms in total. The number of carbonyl (C=O) groups is 2. The number of furan rings is 1. The van der Waals surface area contributed by atoms with Crippen LogP contribution in [0.2, 0.25) is 0 Å². The van der Waals surface area contributed by atoms with E-state index in [4.69, 9.17) is 10.2 Å². The van der Waals surface area contributed by atoms with Crippen LogP contribution < -0.4 is 16.0 Å². The second-order valence-electron chi connectivity index (χ2n) is 8.44. The molecule has 1 aliphatic heterocycles. The SMILES string of the molecule is CC(C)[C@@H](Sc1nnc(N2C[C@H](C)C[C@@H](C)C2)n1Cc1ccco1)C(=O)NC(N)=O. The first-order valence-electron chi connectivity index (χ1n) is 10.2. The standard InChI is InChI=1S/C20H30N6O3S/c1-12(2)16(17(27)22-18(21)28)30-20-24-23-19(25-9-13(3)8-14(4)10-25)26(20)11-15-6-5-7-29-15/h5-7,12-14,16H,8-11H2,1-4H3,(H3,21,22,27,28)/t13-,14-,16-/m1/s1. The minimum atomic E-state index is -0.861. The van der Waals surface area contributed by atoms with E-state index in [1.165, 1.54) is 18.2 Å². The first-order valence-corrected chi connectivity index (χ1v) is 11.1. The summed E-state index contributed by atoms with van der Waals surface area (Å²) in [6.45, 7) is 10.6. The maximum absolute atomic E-state index is 12.5. The number of primary amides is 1. The topological polar surface area (TPSA) is 119 Å². The fraction of sp³-hybridized carbons (Fsp3) is 0.600. The van der Waals surface area contributed by atoms with Crippen molar-refractivity contribution >= 4 is 29.6 Å². The quantitative estimate of drug-likeness (QED) is 0.643. The first kappa shape index (κ1) is 22.2. The van der Waals surface area contributed by atoms with Gasteiger partial charge in [-0.05, 0) is 36.3 Å². The molecule has 0 aliphatic carbocycles. The Hall–Kier alpha value is -2.49. The van der Waals surface area contributed by atoms with Crippen molar-refractivity contribution in [3.63, 3.8) is 0 Å². The second-order valence-corrected chi connectivity index (χ2v) is 9.54. The fourth-order valence-corrected chi connectivity index (χ4v) is 4.95. The van der Waals surface area contributed by atoms with Crippen LogP contribution >= 0.6 is 11.8 Å². The van der Waals surface area contributed by atoms with Crippen molar-refractivity contribution in [2.24, 2.45) is 23.5 Å². The van der Waals surface area contributed by atoms with Gasteiger partial charge in [-0.3, -0.25) is 14.7 Å². The number of piperidine rings is 1. The van der Waals surface area contributed by atoms with Crippen molar-refractivity contribution < 1.29 is 14.0 Å². The Kier molecular flexibility index (Phi) is 7.06. The summed E-state index contributed by atoms with van der Waals surface area (Å²) in [5, 5.41) is 11.1. The lowest BCUT2D eigenvalue weighted by Gasteiger charge is -2.35. The smallest absolute Gasteiger partial charge is 0.318 e. The predicted molar refractivity (Wildman–Crippen MR) is 115 cm³/mol. The molecule has 0 bridgehead atoms. The number of carbonyl (C=O) groups excluding carboxylic acids is 2. The van der Waals surface area contributed by atoms with E-state index < -0.39 is 17.2 Å². The van der Waals surface area contributed by atoms with Crippen LogP contribution in [0.1, 0.15) is 39.9 Å². The molecule has 2 aromatic rings. The normalized spacial score (nSPS) is 20.4. The van der Waals surface area contributed by atoms with E-state index in [2.05, 4.69) is 34.3 Å². The molecular weight excluding hydrogens is 404 g/mol. The summed E-state index contributed by atoms with van der Waals surface area (Å²) >= 11 is 1.28. The molecule has 3 rings (SSSR count). The monoisotopic (exact) mass is 434 g/mol. The van der Waals surface area contributed by atoms with E-state index in [0.717, 1.165) is 24.8 Å². The van der Waals surface area contributed by atoms with Gasteiger partial charge in [0.1, 0.15) is 5.76 Å². The summed E-state index contributed by atoms with van der Waals surface area (Å²) in [5.74, 6) is 2.19. The van der Waals surface area contributed by atoms with Gasteiger partial charge in [-0.25, -0.2) is 4.79 Å². The average molecular weight is 435 g/mol. The molecule has 1 aliphatic rings. The summed E-state index contributed by atoms with van der Waals surface area (Å²) in [6, 6.07) is 2.88. The van der Waals surface area contributed by atoms with Crippen molar-refractivity contribution in [2.45, 2.75) is 51.1 Å². The van der Waals surface area contributed by atoms with Gasteiger partial charge in [0, 0.05) is 13.1 Å². The molecule has 164 valence electrons. The van der Waals surface area contributed by atoms with E-state index in [-0.39, 0.29) is 5.92 Å². The van der Waals surface area contributed by atoms with Crippen LogP contribution in [0.4, 0.5) is 10.7 Å². The zero-order valence-electron chi connectivity index (χ0n) is 17.9. The van der Waals surface area contributed by atoms with Crippen LogP contribution in [0, 0.1) is 17.8 Å². The Morgan fingerprint density at radius 2 is 2.00 bits per heavy atom. The molecule has 0 aromatic carbocycles. The maximum atomic E-state index is 12.5. The minimum Gasteiger partial charge on any atom is -0.467 e. The summed E-state index contributed by atoms with van der Waals surface area (Å²) < 4.78 is 7.54. The molecule has 0 saturated carbocycles. The van der Waals surface area contributed by atoms with Crippen LogP contribution in [0.5, 0.6) is 0 Å². The molecule has 1 fully saturated rings. The highest BCUT2D eigenvalue weighted by atomic mass is 32.2. The largest absolute Gasteiger partial charge is 0.467 e. The van der Waals surface area contributed by atoms with E-state index in [0.29, 0.717) is 23.5 Å². The molecule has 3 atom stereocenters. The lowest BCUT2D eigenvalue weighted by molar-refractivity contribution is -0.120. The third-order valence-electron chi connectivity index (χ3n) is 5.09. The van der Waals surface area contributed by atoms with Gasteiger partial charge >= 0.3 is 6.03 Å². The highest BCUT2D eigenvalue weighted by Gasteiger charge is 2.31. The van der Waals surface area contributed by atoms with Crippen molar-refractivity contribution in [1.29, 1.82) is 0 Å². The van der Waals surface area contributed by atoms with Gasteiger partial charge in [0.25, 0.3) is 0 Å². The molecule has 0 spiro atoms. The molecule has 0 radical (unpaired) electrons. The number of imide groups is 1. The summed E-state index contributed by atoms with van der Waals surface area (Å²) in [4.78, 5) is 25.9. The number of thioether (sulfide) groups is 1. The molecule has 0 unspecified atom stereocenters. The maximum Gasteiger partial charge on any atom is 0.318 e. The van der Waals surface area contributed by atoms with E-state index in [1.807, 2.05) is 30.5 Å². The van der Waals surface area contributed by atoms with Gasteiger partial charge in [-0.15, -0.1) is 10.2 Å². The third kappa shape index (κ3) is 5.35.